The van der Waals surface area contributed by atoms with Crippen LogP contribution in [0.15, 0.2) is 11.0 Å². The van der Waals surface area contributed by atoms with Gasteiger partial charge in [-0.1, -0.05) is 0 Å². The zero-order chi connectivity index (χ0) is 14.1. The van der Waals surface area contributed by atoms with Crippen molar-refractivity contribution < 1.29 is 36.2 Å². The third-order valence-electron chi connectivity index (χ3n) is 1.58. The molecule has 0 saturated carbocycles. The minimum Gasteiger partial charge on any atom is -0.502 e. The molecule has 0 radical (unpaired) electrons. The molecule has 0 bridgehead atoms. The van der Waals surface area contributed by atoms with Crippen LogP contribution in [0.4, 0.5) is 13.2 Å². The van der Waals surface area contributed by atoms with Gasteiger partial charge in [-0.2, -0.15) is 4.98 Å². The number of ether oxygens (including phenoxy) is 2. The van der Waals surface area contributed by atoms with Crippen LogP contribution in [0, 0.1) is 0 Å². The van der Waals surface area contributed by atoms with Gasteiger partial charge < -0.3 is 14.6 Å². The summed E-state index contributed by atoms with van der Waals surface area (Å²) in [6.45, 7) is 0. The average molecular weight is 308 g/mol. The fourth-order valence-corrected chi connectivity index (χ4v) is 1.88. The van der Waals surface area contributed by atoms with Crippen molar-refractivity contribution in [3.8, 4) is 17.5 Å². The Bertz CT molecular complexity index is 559. The maximum absolute atomic E-state index is 12.0. The van der Waals surface area contributed by atoms with Gasteiger partial charge in [0, 0.05) is 16.7 Å². The molecule has 0 saturated heterocycles. The molecule has 6 nitrogen and oxygen atoms in total. The first-order chi connectivity index (χ1) is 8.04. The first kappa shape index (κ1) is 14.6. The van der Waals surface area contributed by atoms with Crippen LogP contribution in [0.2, 0.25) is 0 Å². The topological polar surface area (TPSA) is 85.7 Å². The molecule has 1 heterocycles. The second kappa shape index (κ2) is 4.69. The molecule has 1 rings (SSSR count). The summed E-state index contributed by atoms with van der Waals surface area (Å²) in [6.07, 6.45) is -5.08. The number of pyridine rings is 1. The average Bonchev–Trinajstić information content (AvgIpc) is 2.16. The molecular formula is C7H5ClF3NO5S. The molecule has 1 N–H and O–H groups in total. The minimum absolute atomic E-state index is 0.327. The third kappa shape index (κ3) is 3.53. The van der Waals surface area contributed by atoms with Crippen LogP contribution in [-0.4, -0.2) is 32.0 Å². The second-order valence-electron chi connectivity index (χ2n) is 2.80. The lowest BCUT2D eigenvalue weighted by Gasteiger charge is -2.11. The predicted octanol–water partition coefficient (Wildman–Crippen LogP) is 1.62. The molecule has 0 unspecified atom stereocenters. The van der Waals surface area contributed by atoms with Gasteiger partial charge in [0.15, 0.2) is 5.75 Å². The van der Waals surface area contributed by atoms with Crippen molar-refractivity contribution in [2.24, 2.45) is 0 Å². The molecule has 0 amide bonds. The van der Waals surface area contributed by atoms with Crippen LogP contribution < -0.4 is 9.47 Å². The number of hydrogen-bond donors (Lipinski definition) is 1. The quantitative estimate of drug-likeness (QED) is 0.854. The number of nitrogens with zero attached hydrogens (tertiary/aromatic N) is 1. The highest BCUT2D eigenvalue weighted by molar-refractivity contribution is 8.13. The first-order valence-corrected chi connectivity index (χ1v) is 6.34. The lowest BCUT2D eigenvalue weighted by Crippen LogP contribution is -2.18. The van der Waals surface area contributed by atoms with Crippen molar-refractivity contribution in [2.45, 2.75) is 11.3 Å². The van der Waals surface area contributed by atoms with E-state index in [-0.39, 0.29) is 0 Å². The largest absolute Gasteiger partial charge is 0.574 e. The zero-order valence-corrected chi connectivity index (χ0v) is 10.1. The van der Waals surface area contributed by atoms with Gasteiger partial charge in [-0.25, -0.2) is 8.42 Å². The monoisotopic (exact) mass is 307 g/mol. The molecule has 102 valence electrons. The summed E-state index contributed by atoms with van der Waals surface area (Å²) in [4.78, 5) is 2.11. The Morgan fingerprint density at radius 1 is 1.44 bits per heavy atom. The first-order valence-electron chi connectivity index (χ1n) is 4.03. The Kier molecular flexibility index (Phi) is 3.81. The summed E-state index contributed by atoms with van der Waals surface area (Å²) in [7, 11) is 1.40. The van der Waals surface area contributed by atoms with E-state index in [1.807, 2.05) is 0 Å². The Hall–Kier alpha value is -1.42. The Morgan fingerprint density at radius 2 is 2.00 bits per heavy atom. The maximum Gasteiger partial charge on any atom is 0.574 e. The molecule has 0 aromatic carbocycles. The summed E-state index contributed by atoms with van der Waals surface area (Å²) < 4.78 is 65.7. The van der Waals surface area contributed by atoms with Crippen molar-refractivity contribution in [3.05, 3.63) is 6.07 Å². The van der Waals surface area contributed by atoms with Gasteiger partial charge in [0.25, 0.3) is 14.9 Å². The number of aromatic hydroxyl groups is 1. The van der Waals surface area contributed by atoms with Crippen LogP contribution in [0.3, 0.4) is 0 Å². The van der Waals surface area contributed by atoms with Gasteiger partial charge in [-0.15, -0.1) is 13.2 Å². The number of alkyl halides is 3. The van der Waals surface area contributed by atoms with Crippen LogP contribution in [0.1, 0.15) is 0 Å². The fourth-order valence-electron chi connectivity index (χ4n) is 0.970. The number of methoxy groups -OCH3 is 1. The highest BCUT2D eigenvalue weighted by Crippen LogP contribution is 2.37. The molecule has 0 spiro atoms. The van der Waals surface area contributed by atoms with Crippen molar-refractivity contribution in [3.63, 3.8) is 0 Å². The summed E-state index contributed by atoms with van der Waals surface area (Å²) in [6, 6.07) is 0.327. The number of rotatable bonds is 3. The van der Waals surface area contributed by atoms with E-state index < -0.39 is 37.8 Å². The van der Waals surface area contributed by atoms with E-state index in [1.54, 1.807) is 0 Å². The Labute approximate surface area is 103 Å². The molecule has 11 heteroatoms. The van der Waals surface area contributed by atoms with E-state index in [0.717, 1.165) is 7.11 Å². The van der Waals surface area contributed by atoms with Crippen molar-refractivity contribution >= 4 is 19.7 Å². The lowest BCUT2D eigenvalue weighted by molar-refractivity contribution is -0.276. The Balaban J connectivity index is 3.41. The van der Waals surface area contributed by atoms with E-state index >= 15 is 0 Å². The lowest BCUT2D eigenvalue weighted by atomic mass is 10.4. The van der Waals surface area contributed by atoms with Gasteiger partial charge >= 0.3 is 6.36 Å². The van der Waals surface area contributed by atoms with E-state index in [2.05, 4.69) is 14.5 Å². The highest BCUT2D eigenvalue weighted by Gasteiger charge is 2.33. The Morgan fingerprint density at radius 3 is 2.39 bits per heavy atom. The summed E-state index contributed by atoms with van der Waals surface area (Å²) in [5.74, 6) is -2.91. The van der Waals surface area contributed by atoms with Crippen LogP contribution >= 0.6 is 10.7 Å². The normalized spacial score (nSPS) is 12.3. The molecule has 18 heavy (non-hydrogen) atoms. The minimum atomic E-state index is -5.08. The van der Waals surface area contributed by atoms with Crippen molar-refractivity contribution in [1.82, 2.24) is 4.98 Å². The van der Waals surface area contributed by atoms with Gasteiger partial charge in [0.1, 0.15) is 4.90 Å². The molecule has 1 aromatic heterocycles. The molecule has 0 aliphatic rings. The van der Waals surface area contributed by atoms with Gasteiger partial charge in [-0.3, -0.25) is 0 Å². The summed E-state index contributed by atoms with van der Waals surface area (Å²) in [5.41, 5.74) is 0. The van der Waals surface area contributed by atoms with Crippen LogP contribution in [0.25, 0.3) is 0 Å². The van der Waals surface area contributed by atoms with E-state index in [0.29, 0.717) is 6.07 Å². The summed E-state index contributed by atoms with van der Waals surface area (Å²) >= 11 is 0. The highest BCUT2D eigenvalue weighted by atomic mass is 35.7. The summed E-state index contributed by atoms with van der Waals surface area (Å²) in [5, 5.41) is 9.36. The van der Waals surface area contributed by atoms with E-state index in [9.17, 15) is 26.7 Å². The number of halogens is 4. The molecule has 0 aliphatic heterocycles. The predicted molar refractivity (Wildman–Crippen MR) is 52.2 cm³/mol. The van der Waals surface area contributed by atoms with Crippen LogP contribution in [0.5, 0.6) is 17.5 Å². The standard InChI is InChI=1S/C7H5ClF3NO5S/c1-16-6-5(13)3(18(8,14)15)2-4(12-6)17-7(9,10)11/h2,13H,1H3. The maximum atomic E-state index is 12.0. The fraction of sp³-hybridized carbons (Fsp3) is 0.286. The van der Waals surface area contributed by atoms with Gasteiger partial charge in [-0.05, 0) is 0 Å². The molecule has 0 atom stereocenters. The second-order valence-corrected chi connectivity index (χ2v) is 5.34. The van der Waals surface area contributed by atoms with Crippen molar-refractivity contribution in [2.75, 3.05) is 7.11 Å². The molecule has 0 aliphatic carbocycles. The van der Waals surface area contributed by atoms with Gasteiger partial charge in [0.2, 0.25) is 5.88 Å². The van der Waals surface area contributed by atoms with E-state index in [4.69, 9.17) is 10.7 Å². The van der Waals surface area contributed by atoms with E-state index in [1.165, 1.54) is 0 Å². The van der Waals surface area contributed by atoms with Crippen molar-refractivity contribution in [1.29, 1.82) is 0 Å². The number of hydrogen-bond acceptors (Lipinski definition) is 6. The molecule has 1 aromatic rings. The van der Waals surface area contributed by atoms with Crippen LogP contribution in [-0.2, 0) is 9.05 Å². The number of aromatic nitrogens is 1. The SMILES string of the molecule is COc1nc(OC(F)(F)F)cc(S(=O)(=O)Cl)c1O. The van der Waals surface area contributed by atoms with Gasteiger partial charge in [0.05, 0.1) is 7.11 Å². The third-order valence-corrected chi connectivity index (χ3v) is 2.91. The molecular weight excluding hydrogens is 303 g/mol. The zero-order valence-electron chi connectivity index (χ0n) is 8.52. The smallest absolute Gasteiger partial charge is 0.502 e. The molecule has 0 fully saturated rings.